The number of carbonyl (C=O) groups is 1. The molecule has 1 aliphatic rings. The molecule has 1 fully saturated rings. The fourth-order valence-electron chi connectivity index (χ4n) is 2.98. The van der Waals surface area contributed by atoms with Crippen molar-refractivity contribution in [2.75, 3.05) is 0 Å². The summed E-state index contributed by atoms with van der Waals surface area (Å²) in [4.78, 5) is 12.3. The smallest absolute Gasteiger partial charge is 0.249 e. The molecule has 134 valence electrons. The van der Waals surface area contributed by atoms with E-state index in [0.29, 0.717) is 6.42 Å². The molecule has 6 heteroatoms. The zero-order chi connectivity index (χ0) is 17.7. The average molecular weight is 341 g/mol. The summed E-state index contributed by atoms with van der Waals surface area (Å²) < 4.78 is 32.1. The van der Waals surface area contributed by atoms with Gasteiger partial charge in [0.25, 0.3) is 0 Å². The molecule has 1 aromatic rings. The molecule has 0 heterocycles. The zero-order valence-corrected chi connectivity index (χ0v) is 14.1. The van der Waals surface area contributed by atoms with E-state index in [9.17, 15) is 18.7 Å². The highest BCUT2D eigenvalue weighted by Crippen LogP contribution is 2.23. The van der Waals surface area contributed by atoms with Crippen LogP contribution in [-0.4, -0.2) is 29.3 Å². The Morgan fingerprint density at radius 2 is 2.00 bits per heavy atom. The number of carbonyl (C=O) groups excluding carboxylic acids is 1. The summed E-state index contributed by atoms with van der Waals surface area (Å²) in [6.45, 7) is 3.49. The molecule has 1 aromatic carbocycles. The van der Waals surface area contributed by atoms with Crippen molar-refractivity contribution in [2.24, 2.45) is 0 Å². The summed E-state index contributed by atoms with van der Waals surface area (Å²) in [5.41, 5.74) is 0.214. The van der Waals surface area contributed by atoms with E-state index in [1.807, 2.05) is 6.92 Å². The maximum Gasteiger partial charge on any atom is 0.249 e. The van der Waals surface area contributed by atoms with Gasteiger partial charge in [-0.15, -0.1) is 0 Å². The van der Waals surface area contributed by atoms with Crippen LogP contribution in [0.1, 0.15) is 57.6 Å². The second-order valence-corrected chi connectivity index (χ2v) is 6.36. The standard InChI is InChI=1S/C18H25F2NO3/c1-3-16(24-13-6-4-5-7-13)18(23)21-11(2)17(22)12-8-9-14(19)15(20)10-12/h8-11,13,16-17,22H,3-7H2,1-2H3,(H,21,23). The van der Waals surface area contributed by atoms with E-state index in [2.05, 4.69) is 5.32 Å². The lowest BCUT2D eigenvalue weighted by atomic mass is 10.0. The Morgan fingerprint density at radius 1 is 1.33 bits per heavy atom. The first-order valence-electron chi connectivity index (χ1n) is 8.51. The van der Waals surface area contributed by atoms with Crippen molar-refractivity contribution in [1.82, 2.24) is 5.32 Å². The molecule has 2 N–H and O–H groups in total. The first kappa shape index (κ1) is 18.8. The predicted octanol–water partition coefficient (Wildman–Crippen LogP) is 3.24. The third-order valence-electron chi connectivity index (χ3n) is 4.45. The van der Waals surface area contributed by atoms with Crippen molar-refractivity contribution in [2.45, 2.75) is 70.3 Å². The van der Waals surface area contributed by atoms with Crippen LogP contribution in [-0.2, 0) is 9.53 Å². The van der Waals surface area contributed by atoms with E-state index >= 15 is 0 Å². The third-order valence-corrected chi connectivity index (χ3v) is 4.45. The van der Waals surface area contributed by atoms with E-state index in [1.165, 1.54) is 6.07 Å². The quantitative estimate of drug-likeness (QED) is 0.800. The number of rotatable bonds is 7. The van der Waals surface area contributed by atoms with Gasteiger partial charge in [-0.25, -0.2) is 8.78 Å². The lowest BCUT2D eigenvalue weighted by Crippen LogP contribution is -2.44. The van der Waals surface area contributed by atoms with Gasteiger partial charge in [-0.2, -0.15) is 0 Å². The monoisotopic (exact) mass is 341 g/mol. The van der Waals surface area contributed by atoms with Crippen molar-refractivity contribution >= 4 is 5.91 Å². The van der Waals surface area contributed by atoms with E-state index in [0.717, 1.165) is 37.8 Å². The molecular formula is C18H25F2NO3. The second-order valence-electron chi connectivity index (χ2n) is 6.36. The topological polar surface area (TPSA) is 58.6 Å². The lowest BCUT2D eigenvalue weighted by Gasteiger charge is -2.25. The Morgan fingerprint density at radius 3 is 2.58 bits per heavy atom. The number of hydrogen-bond donors (Lipinski definition) is 2. The van der Waals surface area contributed by atoms with Gasteiger partial charge in [-0.05, 0) is 43.9 Å². The maximum atomic E-state index is 13.3. The maximum absolute atomic E-state index is 13.3. The van der Waals surface area contributed by atoms with Crippen molar-refractivity contribution < 1.29 is 23.4 Å². The van der Waals surface area contributed by atoms with Crippen molar-refractivity contribution in [3.05, 3.63) is 35.4 Å². The van der Waals surface area contributed by atoms with Gasteiger partial charge in [-0.1, -0.05) is 25.8 Å². The van der Waals surface area contributed by atoms with Gasteiger partial charge in [0, 0.05) is 0 Å². The van der Waals surface area contributed by atoms with Crippen LogP contribution in [0, 0.1) is 11.6 Å². The van der Waals surface area contributed by atoms with Gasteiger partial charge in [0.2, 0.25) is 5.91 Å². The number of hydrogen-bond acceptors (Lipinski definition) is 3. The number of aliphatic hydroxyl groups is 1. The molecule has 1 aliphatic carbocycles. The first-order chi connectivity index (χ1) is 11.4. The summed E-state index contributed by atoms with van der Waals surface area (Å²) in [6, 6.07) is 2.55. The third kappa shape index (κ3) is 4.74. The summed E-state index contributed by atoms with van der Waals surface area (Å²) in [5.74, 6) is -2.29. The second kappa shape index (κ2) is 8.53. The highest BCUT2D eigenvalue weighted by molar-refractivity contribution is 5.81. The van der Waals surface area contributed by atoms with Crippen LogP contribution in [0.15, 0.2) is 18.2 Å². The molecule has 3 atom stereocenters. The molecule has 0 bridgehead atoms. The molecule has 1 amide bonds. The highest BCUT2D eigenvalue weighted by Gasteiger charge is 2.27. The van der Waals surface area contributed by atoms with Crippen LogP contribution in [0.25, 0.3) is 0 Å². The van der Waals surface area contributed by atoms with E-state index in [4.69, 9.17) is 4.74 Å². The van der Waals surface area contributed by atoms with Crippen LogP contribution >= 0.6 is 0 Å². The van der Waals surface area contributed by atoms with Crippen LogP contribution in [0.5, 0.6) is 0 Å². The van der Waals surface area contributed by atoms with Crippen LogP contribution in [0.4, 0.5) is 8.78 Å². The Labute approximate surface area is 141 Å². The van der Waals surface area contributed by atoms with Crippen LogP contribution in [0.3, 0.4) is 0 Å². The molecular weight excluding hydrogens is 316 g/mol. The molecule has 2 rings (SSSR count). The molecule has 0 aromatic heterocycles. The largest absolute Gasteiger partial charge is 0.386 e. The fraction of sp³-hybridized carbons (Fsp3) is 0.611. The number of halogens is 2. The summed E-state index contributed by atoms with van der Waals surface area (Å²) in [7, 11) is 0. The molecule has 4 nitrogen and oxygen atoms in total. The summed E-state index contributed by atoms with van der Waals surface area (Å²) in [5, 5.41) is 13.0. The van der Waals surface area contributed by atoms with Gasteiger partial charge in [0.1, 0.15) is 6.10 Å². The van der Waals surface area contributed by atoms with Gasteiger partial charge in [-0.3, -0.25) is 4.79 Å². The molecule has 24 heavy (non-hydrogen) atoms. The van der Waals surface area contributed by atoms with Gasteiger partial charge in [0.15, 0.2) is 11.6 Å². The molecule has 0 spiro atoms. The summed E-state index contributed by atoms with van der Waals surface area (Å²) >= 11 is 0. The predicted molar refractivity (Wildman–Crippen MR) is 86.3 cm³/mol. The molecule has 1 saturated carbocycles. The van der Waals surface area contributed by atoms with Gasteiger partial charge in [0.05, 0.1) is 18.2 Å². The summed E-state index contributed by atoms with van der Waals surface area (Å²) in [6.07, 6.45) is 3.14. The van der Waals surface area contributed by atoms with E-state index in [-0.39, 0.29) is 17.6 Å². The average Bonchev–Trinajstić information content (AvgIpc) is 3.07. The minimum atomic E-state index is -1.13. The minimum absolute atomic E-state index is 0.118. The molecule has 0 aliphatic heterocycles. The van der Waals surface area contributed by atoms with Crippen molar-refractivity contribution in [1.29, 1.82) is 0 Å². The SMILES string of the molecule is CCC(OC1CCCC1)C(=O)NC(C)C(O)c1ccc(F)c(F)c1. The Bertz CT molecular complexity index is 561. The number of nitrogens with one attached hydrogen (secondary N) is 1. The van der Waals surface area contributed by atoms with Crippen LogP contribution in [0.2, 0.25) is 0 Å². The Hall–Kier alpha value is -1.53. The molecule has 3 unspecified atom stereocenters. The fourth-order valence-corrected chi connectivity index (χ4v) is 2.98. The number of ether oxygens (including phenoxy) is 1. The van der Waals surface area contributed by atoms with Gasteiger partial charge < -0.3 is 15.2 Å². The number of aliphatic hydroxyl groups excluding tert-OH is 1. The van der Waals surface area contributed by atoms with E-state index in [1.54, 1.807) is 6.92 Å². The minimum Gasteiger partial charge on any atom is -0.386 e. The molecule has 0 radical (unpaired) electrons. The Balaban J connectivity index is 1.94. The van der Waals surface area contributed by atoms with E-state index < -0.39 is 29.9 Å². The first-order valence-corrected chi connectivity index (χ1v) is 8.51. The molecule has 0 saturated heterocycles. The lowest BCUT2D eigenvalue weighted by molar-refractivity contribution is -0.138. The number of benzene rings is 1. The Kier molecular flexibility index (Phi) is 6.69. The zero-order valence-electron chi connectivity index (χ0n) is 14.1. The van der Waals surface area contributed by atoms with Crippen LogP contribution < -0.4 is 5.32 Å². The normalized spacial score (nSPS) is 19.0. The van der Waals surface area contributed by atoms with Crippen molar-refractivity contribution in [3.63, 3.8) is 0 Å². The highest BCUT2D eigenvalue weighted by atomic mass is 19.2. The van der Waals surface area contributed by atoms with Crippen molar-refractivity contribution in [3.8, 4) is 0 Å². The van der Waals surface area contributed by atoms with Gasteiger partial charge >= 0.3 is 0 Å². The number of amides is 1.